The molecule has 9 nitrogen and oxygen atoms in total. The summed E-state index contributed by atoms with van der Waals surface area (Å²) in [4.78, 5) is 45.8. The number of rotatable bonds is 6. The van der Waals surface area contributed by atoms with E-state index in [0.717, 1.165) is 16.0 Å². The van der Waals surface area contributed by atoms with E-state index in [-0.39, 0.29) is 42.5 Å². The zero-order valence-electron chi connectivity index (χ0n) is 23.0. The normalized spacial score (nSPS) is 18.0. The first-order chi connectivity index (χ1) is 19.1. The van der Waals surface area contributed by atoms with Gasteiger partial charge in [0.05, 0.1) is 12.6 Å². The van der Waals surface area contributed by atoms with Crippen molar-refractivity contribution < 1.29 is 36.7 Å². The van der Waals surface area contributed by atoms with Crippen LogP contribution in [0.5, 0.6) is 5.75 Å². The molecule has 4 rings (SSSR count). The van der Waals surface area contributed by atoms with Gasteiger partial charge in [0, 0.05) is 36.9 Å². The zero-order chi connectivity index (χ0) is 30.3. The van der Waals surface area contributed by atoms with Gasteiger partial charge in [-0.15, -0.1) is 11.3 Å². The minimum Gasteiger partial charge on any atom is -0.491 e. The number of thiazole rings is 1. The highest BCUT2D eigenvalue weighted by molar-refractivity contribution is 7.07. The number of hydrogen-bond donors (Lipinski definition) is 0. The molecule has 0 spiro atoms. The number of aromatic nitrogens is 3. The lowest BCUT2D eigenvalue weighted by Gasteiger charge is -2.39. The molecule has 2 amide bonds. The SMILES string of the molecule is COc1c(C2CCN(C(=O)C(C)(C)C)C(=O)C2C(F)(F)F)nn(C(=O)c2cscn2)c1N(C)Cc1ccc(F)cc1. The quantitative estimate of drug-likeness (QED) is 0.375. The lowest BCUT2D eigenvalue weighted by atomic mass is 9.80. The van der Waals surface area contributed by atoms with Crippen molar-refractivity contribution in [1.29, 1.82) is 0 Å². The van der Waals surface area contributed by atoms with Gasteiger partial charge in [0.1, 0.15) is 23.1 Å². The third-order valence-corrected chi connectivity index (χ3v) is 7.36. The number of anilines is 1. The van der Waals surface area contributed by atoms with Crippen LogP contribution in [0.25, 0.3) is 0 Å². The summed E-state index contributed by atoms with van der Waals surface area (Å²) >= 11 is 1.15. The number of nitrogens with zero attached hydrogens (tertiary/aromatic N) is 5. The number of halogens is 4. The topological polar surface area (TPSA) is 97.6 Å². The van der Waals surface area contributed by atoms with Crippen LogP contribution in [0.15, 0.2) is 35.2 Å². The van der Waals surface area contributed by atoms with Crippen molar-refractivity contribution in [1.82, 2.24) is 19.7 Å². The van der Waals surface area contributed by atoms with Gasteiger partial charge in [-0.05, 0) is 24.1 Å². The second kappa shape index (κ2) is 11.2. The van der Waals surface area contributed by atoms with Crippen LogP contribution in [0.1, 0.15) is 54.9 Å². The smallest absolute Gasteiger partial charge is 0.401 e. The number of likely N-dealkylation sites (tertiary alicyclic amines) is 1. The molecule has 3 heterocycles. The Bertz CT molecular complexity index is 1430. The summed E-state index contributed by atoms with van der Waals surface area (Å²) in [7, 11) is 2.81. The standard InChI is InChI=1S/C27H29F4N5O4S/c1-26(2,3)25(39)35-11-10-17(19(24(35)38)27(29,30)31)20-21(40-5)22(34(4)12-15-6-8-16(28)9-7-15)36(33-20)23(37)18-13-41-14-32-18/h6-9,13-14,17,19H,10-12H2,1-5H3. The van der Waals surface area contributed by atoms with Crippen LogP contribution in [0.3, 0.4) is 0 Å². The van der Waals surface area contributed by atoms with Gasteiger partial charge >= 0.3 is 6.18 Å². The molecular formula is C27H29F4N5O4S. The van der Waals surface area contributed by atoms with Gasteiger partial charge in [0.25, 0.3) is 5.91 Å². The fraction of sp³-hybridized carbons (Fsp3) is 0.444. The molecule has 0 N–H and O–H groups in total. The number of imide groups is 1. The Labute approximate surface area is 237 Å². The summed E-state index contributed by atoms with van der Waals surface area (Å²) in [5.41, 5.74) is 0.766. The second-order valence-electron chi connectivity index (χ2n) is 10.8. The van der Waals surface area contributed by atoms with Crippen LogP contribution in [-0.4, -0.2) is 64.3 Å². The van der Waals surface area contributed by atoms with Gasteiger partial charge < -0.3 is 9.64 Å². The third-order valence-electron chi connectivity index (χ3n) is 6.78. The third kappa shape index (κ3) is 5.97. The number of methoxy groups -OCH3 is 1. The molecule has 0 saturated carbocycles. The van der Waals surface area contributed by atoms with Crippen LogP contribution in [-0.2, 0) is 16.1 Å². The van der Waals surface area contributed by atoms with E-state index in [2.05, 4.69) is 10.1 Å². The summed E-state index contributed by atoms with van der Waals surface area (Å²) in [6.45, 7) is 4.43. The molecule has 220 valence electrons. The summed E-state index contributed by atoms with van der Waals surface area (Å²) in [5, 5.41) is 5.77. The summed E-state index contributed by atoms with van der Waals surface area (Å²) in [5.74, 6) is -7.48. The maximum absolute atomic E-state index is 14.5. The van der Waals surface area contributed by atoms with Crippen molar-refractivity contribution in [2.24, 2.45) is 11.3 Å². The largest absolute Gasteiger partial charge is 0.491 e. The van der Waals surface area contributed by atoms with Gasteiger partial charge in [-0.1, -0.05) is 32.9 Å². The van der Waals surface area contributed by atoms with E-state index in [1.807, 2.05) is 0 Å². The Morgan fingerprint density at radius 2 is 1.83 bits per heavy atom. The average Bonchev–Trinajstić information content (AvgIpc) is 3.56. The summed E-state index contributed by atoms with van der Waals surface area (Å²) < 4.78 is 63.5. The molecule has 1 fully saturated rings. The lowest BCUT2D eigenvalue weighted by molar-refractivity contribution is -0.200. The monoisotopic (exact) mass is 595 g/mol. The molecule has 1 aromatic carbocycles. The first-order valence-electron chi connectivity index (χ1n) is 12.6. The highest BCUT2D eigenvalue weighted by Gasteiger charge is 2.57. The van der Waals surface area contributed by atoms with Crippen molar-refractivity contribution in [2.75, 3.05) is 25.6 Å². The summed E-state index contributed by atoms with van der Waals surface area (Å²) in [6.07, 6.45) is -5.27. The number of hydrogen-bond acceptors (Lipinski definition) is 8. The minimum absolute atomic E-state index is 0.0113. The Balaban J connectivity index is 1.84. The number of piperidine rings is 1. The molecule has 2 atom stereocenters. The fourth-order valence-corrected chi connectivity index (χ4v) is 5.37. The van der Waals surface area contributed by atoms with Crippen LogP contribution >= 0.6 is 11.3 Å². The van der Waals surface area contributed by atoms with Crippen molar-refractivity contribution in [2.45, 2.75) is 45.8 Å². The number of carbonyl (C=O) groups is 3. The van der Waals surface area contributed by atoms with Gasteiger partial charge in [0.2, 0.25) is 11.8 Å². The second-order valence-corrected chi connectivity index (χ2v) is 11.5. The molecule has 0 bridgehead atoms. The van der Waals surface area contributed by atoms with Gasteiger partial charge in [-0.2, -0.15) is 23.0 Å². The summed E-state index contributed by atoms with van der Waals surface area (Å²) in [6, 6.07) is 5.58. The predicted molar refractivity (Wildman–Crippen MR) is 142 cm³/mol. The molecule has 0 radical (unpaired) electrons. The molecule has 1 aliphatic heterocycles. The Morgan fingerprint density at radius 3 is 2.37 bits per heavy atom. The molecule has 1 saturated heterocycles. The van der Waals surface area contributed by atoms with Crippen molar-refractivity contribution in [3.8, 4) is 5.75 Å². The molecular weight excluding hydrogens is 566 g/mol. The van der Waals surface area contributed by atoms with E-state index in [4.69, 9.17) is 4.74 Å². The van der Waals surface area contributed by atoms with E-state index in [9.17, 15) is 31.9 Å². The molecule has 41 heavy (non-hydrogen) atoms. The van der Waals surface area contributed by atoms with Crippen LogP contribution in [0.2, 0.25) is 0 Å². The van der Waals surface area contributed by atoms with Crippen LogP contribution < -0.4 is 9.64 Å². The maximum atomic E-state index is 14.5. The fourth-order valence-electron chi connectivity index (χ4n) is 4.85. The number of ether oxygens (including phenoxy) is 1. The van der Waals surface area contributed by atoms with Gasteiger partial charge in [-0.3, -0.25) is 19.3 Å². The van der Waals surface area contributed by atoms with Crippen LogP contribution in [0.4, 0.5) is 23.4 Å². The first kappa shape index (κ1) is 30.2. The van der Waals surface area contributed by atoms with E-state index in [1.54, 1.807) is 7.05 Å². The molecule has 2 unspecified atom stereocenters. The Kier molecular flexibility index (Phi) is 8.25. The van der Waals surface area contributed by atoms with Crippen molar-refractivity contribution in [3.63, 3.8) is 0 Å². The first-order valence-corrected chi connectivity index (χ1v) is 13.6. The van der Waals surface area contributed by atoms with Crippen LogP contribution in [0, 0.1) is 17.2 Å². The minimum atomic E-state index is -5.02. The lowest BCUT2D eigenvalue weighted by Crippen LogP contribution is -2.55. The van der Waals surface area contributed by atoms with E-state index in [1.165, 1.54) is 67.9 Å². The number of carbonyl (C=O) groups excluding carboxylic acids is 3. The molecule has 14 heteroatoms. The van der Waals surface area contributed by atoms with Gasteiger partial charge in [-0.25, -0.2) is 9.37 Å². The number of alkyl halides is 3. The zero-order valence-corrected chi connectivity index (χ0v) is 23.8. The molecule has 0 aliphatic carbocycles. The molecule has 1 aliphatic rings. The highest BCUT2D eigenvalue weighted by Crippen LogP contribution is 2.48. The Hall–Kier alpha value is -3.81. The number of benzene rings is 1. The van der Waals surface area contributed by atoms with E-state index in [0.29, 0.717) is 10.5 Å². The van der Waals surface area contributed by atoms with Gasteiger partial charge in [0.15, 0.2) is 11.6 Å². The number of amides is 2. The average molecular weight is 596 g/mol. The maximum Gasteiger partial charge on any atom is 0.401 e. The predicted octanol–water partition coefficient (Wildman–Crippen LogP) is 4.88. The Morgan fingerprint density at radius 1 is 1.17 bits per heavy atom. The molecule has 3 aromatic rings. The van der Waals surface area contributed by atoms with E-state index < -0.39 is 47.0 Å². The molecule has 2 aromatic heterocycles. The van der Waals surface area contributed by atoms with Crippen molar-refractivity contribution in [3.05, 3.63) is 57.9 Å². The van der Waals surface area contributed by atoms with Crippen molar-refractivity contribution >= 4 is 34.9 Å². The highest BCUT2D eigenvalue weighted by atomic mass is 32.1. The van der Waals surface area contributed by atoms with E-state index >= 15 is 0 Å².